The van der Waals surface area contributed by atoms with Crippen molar-refractivity contribution in [2.75, 3.05) is 5.32 Å². The molecule has 0 heterocycles. The van der Waals surface area contributed by atoms with Gasteiger partial charge >= 0.3 is 0 Å². The van der Waals surface area contributed by atoms with E-state index < -0.39 is 23.2 Å². The van der Waals surface area contributed by atoms with Crippen LogP contribution < -0.4 is 5.32 Å². The van der Waals surface area contributed by atoms with Gasteiger partial charge in [-0.2, -0.15) is 0 Å². The number of anilines is 1. The summed E-state index contributed by atoms with van der Waals surface area (Å²) in [4.78, 5) is 11.8. The highest BCUT2D eigenvalue weighted by Gasteiger charge is 2.14. The molecule has 0 unspecified atom stereocenters. The van der Waals surface area contributed by atoms with Gasteiger partial charge in [-0.1, -0.05) is 45.7 Å². The Labute approximate surface area is 127 Å². The van der Waals surface area contributed by atoms with Crippen LogP contribution in [0.1, 0.15) is 5.56 Å². The smallest absolute Gasteiger partial charge is 0.229 e. The summed E-state index contributed by atoms with van der Waals surface area (Å²) in [5.41, 5.74) is 0.120. The SMILES string of the molecule is O=C(Cc1ccccc1Cl)Nc1c(F)cc(Br)cc1F. The predicted octanol–water partition coefficient (Wildman–Crippen LogP) is 4.56. The third kappa shape index (κ3) is 3.55. The largest absolute Gasteiger partial charge is 0.321 e. The molecule has 0 saturated carbocycles. The average molecular weight is 361 g/mol. The van der Waals surface area contributed by atoms with Gasteiger partial charge in [0.1, 0.15) is 5.69 Å². The predicted molar refractivity (Wildman–Crippen MR) is 77.8 cm³/mol. The van der Waals surface area contributed by atoms with Gasteiger partial charge in [0.15, 0.2) is 11.6 Å². The van der Waals surface area contributed by atoms with E-state index in [1.54, 1.807) is 24.3 Å². The lowest BCUT2D eigenvalue weighted by Gasteiger charge is -2.09. The number of hydrogen-bond acceptors (Lipinski definition) is 1. The highest BCUT2D eigenvalue weighted by Crippen LogP contribution is 2.24. The van der Waals surface area contributed by atoms with Crippen LogP contribution in [-0.4, -0.2) is 5.91 Å². The van der Waals surface area contributed by atoms with Crippen molar-refractivity contribution in [1.29, 1.82) is 0 Å². The number of nitrogens with one attached hydrogen (secondary N) is 1. The van der Waals surface area contributed by atoms with Gasteiger partial charge in [-0.05, 0) is 23.8 Å². The van der Waals surface area contributed by atoms with E-state index in [1.165, 1.54) is 0 Å². The molecular formula is C14H9BrClF2NO. The summed E-state index contributed by atoms with van der Waals surface area (Å²) < 4.78 is 27.4. The van der Waals surface area contributed by atoms with Crippen LogP contribution in [0.15, 0.2) is 40.9 Å². The standard InChI is InChI=1S/C14H9BrClF2NO/c15-9-6-11(17)14(12(18)7-9)19-13(20)5-8-3-1-2-4-10(8)16/h1-4,6-7H,5H2,(H,19,20). The first kappa shape index (κ1) is 14.9. The maximum Gasteiger partial charge on any atom is 0.229 e. The van der Waals surface area contributed by atoms with Crippen LogP contribution in [0.4, 0.5) is 14.5 Å². The molecule has 1 N–H and O–H groups in total. The van der Waals surface area contributed by atoms with Gasteiger partial charge in [-0.25, -0.2) is 8.78 Å². The Balaban J connectivity index is 2.15. The summed E-state index contributed by atoms with van der Waals surface area (Å²) in [6.45, 7) is 0. The summed E-state index contributed by atoms with van der Waals surface area (Å²) in [6.07, 6.45) is -0.0609. The second-order valence-electron chi connectivity index (χ2n) is 4.06. The van der Waals surface area contributed by atoms with Crippen molar-refractivity contribution in [3.05, 3.63) is 63.1 Å². The lowest BCUT2D eigenvalue weighted by molar-refractivity contribution is -0.115. The van der Waals surface area contributed by atoms with Gasteiger partial charge in [0.2, 0.25) is 5.91 Å². The van der Waals surface area contributed by atoms with E-state index in [2.05, 4.69) is 21.2 Å². The molecule has 0 atom stereocenters. The summed E-state index contributed by atoms with van der Waals surface area (Å²) in [7, 11) is 0. The molecule has 0 aliphatic heterocycles. The zero-order valence-electron chi connectivity index (χ0n) is 10.1. The highest BCUT2D eigenvalue weighted by molar-refractivity contribution is 9.10. The summed E-state index contributed by atoms with van der Waals surface area (Å²) in [5, 5.41) is 2.64. The van der Waals surface area contributed by atoms with Gasteiger partial charge in [-0.15, -0.1) is 0 Å². The van der Waals surface area contributed by atoms with E-state index in [0.717, 1.165) is 12.1 Å². The van der Waals surface area contributed by atoms with Crippen LogP contribution in [-0.2, 0) is 11.2 Å². The number of halogens is 4. The van der Waals surface area contributed by atoms with Crippen molar-refractivity contribution in [2.24, 2.45) is 0 Å². The average Bonchev–Trinajstić information content (AvgIpc) is 2.36. The van der Waals surface area contributed by atoms with Crippen LogP contribution in [0.3, 0.4) is 0 Å². The van der Waals surface area contributed by atoms with E-state index in [4.69, 9.17) is 11.6 Å². The fourth-order valence-corrected chi connectivity index (χ4v) is 2.26. The van der Waals surface area contributed by atoms with E-state index >= 15 is 0 Å². The van der Waals surface area contributed by atoms with Crippen LogP contribution >= 0.6 is 27.5 Å². The Morgan fingerprint density at radius 3 is 2.40 bits per heavy atom. The Kier molecular flexibility index (Phi) is 4.73. The molecule has 0 spiro atoms. The van der Waals surface area contributed by atoms with Crippen LogP contribution in [0.25, 0.3) is 0 Å². The zero-order valence-corrected chi connectivity index (χ0v) is 12.4. The van der Waals surface area contributed by atoms with E-state index in [0.29, 0.717) is 10.6 Å². The normalized spacial score (nSPS) is 10.4. The summed E-state index contributed by atoms with van der Waals surface area (Å²) >= 11 is 8.89. The first-order valence-corrected chi connectivity index (χ1v) is 6.82. The minimum absolute atomic E-state index is 0.0609. The molecule has 104 valence electrons. The number of carbonyl (C=O) groups is 1. The maximum atomic E-state index is 13.6. The van der Waals surface area contributed by atoms with Crippen molar-refractivity contribution < 1.29 is 13.6 Å². The van der Waals surface area contributed by atoms with Crippen LogP contribution in [0.2, 0.25) is 5.02 Å². The molecule has 2 aromatic rings. The van der Waals surface area contributed by atoms with Crippen LogP contribution in [0, 0.1) is 11.6 Å². The van der Waals surface area contributed by atoms with Gasteiger partial charge in [0, 0.05) is 9.50 Å². The lowest BCUT2D eigenvalue weighted by Crippen LogP contribution is -2.16. The first-order chi connectivity index (χ1) is 9.47. The number of rotatable bonds is 3. The quantitative estimate of drug-likeness (QED) is 0.854. The Morgan fingerprint density at radius 1 is 1.20 bits per heavy atom. The topological polar surface area (TPSA) is 29.1 Å². The third-order valence-corrected chi connectivity index (χ3v) is 3.41. The second-order valence-corrected chi connectivity index (χ2v) is 5.38. The Bertz CT molecular complexity index is 640. The number of hydrogen-bond donors (Lipinski definition) is 1. The van der Waals surface area contributed by atoms with Gasteiger partial charge < -0.3 is 5.32 Å². The molecule has 20 heavy (non-hydrogen) atoms. The van der Waals surface area contributed by atoms with Crippen LogP contribution in [0.5, 0.6) is 0 Å². The van der Waals surface area contributed by atoms with Gasteiger partial charge in [0.25, 0.3) is 0 Å². The van der Waals surface area contributed by atoms with Crippen molar-refractivity contribution >= 4 is 39.1 Å². The molecule has 0 radical (unpaired) electrons. The van der Waals surface area contributed by atoms with Crippen molar-refractivity contribution in [2.45, 2.75) is 6.42 Å². The highest BCUT2D eigenvalue weighted by atomic mass is 79.9. The fourth-order valence-electron chi connectivity index (χ4n) is 1.66. The molecule has 0 saturated heterocycles. The third-order valence-electron chi connectivity index (χ3n) is 2.58. The second kappa shape index (κ2) is 6.33. The first-order valence-electron chi connectivity index (χ1n) is 5.65. The van der Waals surface area contributed by atoms with Crippen molar-refractivity contribution in [3.63, 3.8) is 0 Å². The van der Waals surface area contributed by atoms with Gasteiger partial charge in [-0.3, -0.25) is 4.79 Å². The molecule has 6 heteroatoms. The maximum absolute atomic E-state index is 13.6. The van der Waals surface area contributed by atoms with E-state index in [9.17, 15) is 13.6 Å². The van der Waals surface area contributed by atoms with Crippen molar-refractivity contribution in [1.82, 2.24) is 0 Å². The minimum atomic E-state index is -0.843. The fraction of sp³-hybridized carbons (Fsp3) is 0.0714. The Hall–Kier alpha value is -1.46. The molecule has 0 aliphatic carbocycles. The molecule has 2 nitrogen and oxygen atoms in total. The minimum Gasteiger partial charge on any atom is -0.321 e. The summed E-state index contributed by atoms with van der Waals surface area (Å²) in [5.74, 6) is -2.23. The molecule has 2 rings (SSSR count). The van der Waals surface area contributed by atoms with Crippen molar-refractivity contribution in [3.8, 4) is 0 Å². The van der Waals surface area contributed by atoms with Gasteiger partial charge in [0.05, 0.1) is 6.42 Å². The molecule has 2 aromatic carbocycles. The number of amides is 1. The zero-order chi connectivity index (χ0) is 14.7. The van der Waals surface area contributed by atoms with E-state index in [1.807, 2.05) is 0 Å². The number of benzene rings is 2. The Morgan fingerprint density at radius 2 is 1.80 bits per heavy atom. The molecule has 1 amide bonds. The lowest BCUT2D eigenvalue weighted by atomic mass is 10.1. The monoisotopic (exact) mass is 359 g/mol. The molecule has 0 aliphatic rings. The summed E-state index contributed by atoms with van der Waals surface area (Å²) in [6, 6.07) is 8.94. The van der Waals surface area contributed by atoms with E-state index in [-0.39, 0.29) is 10.9 Å². The molecule has 0 aromatic heterocycles. The molecular weight excluding hydrogens is 352 g/mol. The molecule has 0 fully saturated rings. The molecule has 0 bridgehead atoms. The number of carbonyl (C=O) groups excluding carboxylic acids is 1.